The summed E-state index contributed by atoms with van der Waals surface area (Å²) in [7, 11) is 2.89. The van der Waals surface area contributed by atoms with Crippen LogP contribution < -0.4 is 11.5 Å². The van der Waals surface area contributed by atoms with Gasteiger partial charge in [-0.2, -0.15) is 0 Å². The number of allylic oxidation sites excluding steroid dienone is 2. The van der Waals surface area contributed by atoms with Crippen molar-refractivity contribution in [2.75, 3.05) is 14.2 Å². The van der Waals surface area contributed by atoms with Crippen molar-refractivity contribution in [3.05, 3.63) is 23.3 Å². The summed E-state index contributed by atoms with van der Waals surface area (Å²) in [5.74, 6) is 1.18. The SMILES string of the molecule is C.C.C.CC(=O)O.COC(=O)/C=C1\CCC2C3C(CC[C@]12C)[C@@]1(C)CC[C@@H](N)CC1[C@@H](O)[C@@H]3O.COC(=O)/C=C1\CCC2C3C(CC[C@]12C)[C@@]1(C)CC[C@@H](N)CC1[C@H]1OC(C)(C)O[C@H]31. The molecule has 64 heavy (non-hydrogen) atoms. The summed E-state index contributed by atoms with van der Waals surface area (Å²) in [6.45, 7) is 14.7. The Balaban J connectivity index is 0.000000249. The molecule has 12 heteroatoms. The molecule has 0 aromatic carbocycles. The van der Waals surface area contributed by atoms with Crippen molar-refractivity contribution in [3.8, 4) is 0 Å². The molecule has 7 N–H and O–H groups in total. The number of methoxy groups -OCH3 is 2. The maximum atomic E-state index is 12.0. The third kappa shape index (κ3) is 9.16. The predicted molar refractivity (Wildman–Crippen MR) is 250 cm³/mol. The zero-order valence-electron chi connectivity index (χ0n) is 38.5. The fourth-order valence-corrected chi connectivity index (χ4v) is 16.1. The Morgan fingerprint density at radius 3 is 1.47 bits per heavy atom. The largest absolute Gasteiger partial charge is 0.481 e. The molecule has 0 bridgehead atoms. The Kier molecular flexibility index (Phi) is 16.7. The van der Waals surface area contributed by atoms with E-state index in [0.29, 0.717) is 35.5 Å². The molecule has 8 saturated carbocycles. The Morgan fingerprint density at radius 2 is 1.00 bits per heavy atom. The van der Waals surface area contributed by atoms with E-state index in [1.54, 1.807) is 12.2 Å². The number of carbonyl (C=O) groups is 3. The van der Waals surface area contributed by atoms with Gasteiger partial charge in [-0.3, -0.25) is 4.79 Å². The number of aliphatic carboxylic acids is 1. The number of aliphatic hydroxyl groups excluding tert-OH is 2. The smallest absolute Gasteiger partial charge is 0.330 e. The minimum Gasteiger partial charge on any atom is -0.481 e. The van der Waals surface area contributed by atoms with Gasteiger partial charge in [-0.1, -0.05) is 61.1 Å². The van der Waals surface area contributed by atoms with Crippen LogP contribution in [0.1, 0.15) is 161 Å². The van der Waals surface area contributed by atoms with Crippen molar-refractivity contribution < 1.29 is 48.7 Å². The van der Waals surface area contributed by atoms with Gasteiger partial charge >= 0.3 is 11.9 Å². The number of nitrogens with two attached hydrogens (primary N) is 2. The first-order valence-electron chi connectivity index (χ1n) is 23.5. The van der Waals surface area contributed by atoms with Crippen LogP contribution in [0.4, 0.5) is 0 Å². The van der Waals surface area contributed by atoms with Crippen LogP contribution in [0.25, 0.3) is 0 Å². The van der Waals surface area contributed by atoms with Gasteiger partial charge in [-0.15, -0.1) is 0 Å². The van der Waals surface area contributed by atoms with Gasteiger partial charge in [0.05, 0.1) is 38.6 Å². The van der Waals surface area contributed by atoms with E-state index in [1.165, 1.54) is 32.6 Å². The van der Waals surface area contributed by atoms with E-state index in [1.807, 2.05) is 0 Å². The standard InChI is InChI=1S/C25H39NO4.C22H35NO4.C2H4O2.3CH4/c1-23(2)29-21-18-13-15(26)8-10-25(18,4)17-9-11-24(3)14(12-19(27)28-5)6-7-16(24)20(17)22(21)30-23;1-21-9-7-15-18(14(21)5-4-12(21)10-17(24)27-3)20(26)19(25)16-11-13(23)6-8-22(15,16)2;1-2(3)4;;;/h12,15-18,20-22H,6-11,13,26H2,1-5H3;10,13-16,18-20,25-26H,4-9,11,23H2,1-3H3;1H3,(H,3,4);3*1H4/b14-12+;12-10+;;;;/t15-,16?,17?,18?,20?,21-,22-,24-,25-;13-,14?,15?,16?,18?,19-,20-,21-,22-;;;;/m11..../s1. The van der Waals surface area contributed by atoms with E-state index in [4.69, 9.17) is 40.3 Å². The van der Waals surface area contributed by atoms with Gasteiger partial charge in [0, 0.05) is 31.2 Å². The van der Waals surface area contributed by atoms with Crippen LogP contribution in [-0.4, -0.2) is 89.7 Å². The number of hydrogen-bond acceptors (Lipinski definition) is 11. The quantitative estimate of drug-likeness (QED) is 0.131. The number of aliphatic hydroxyl groups is 2. The molecule has 0 aromatic heterocycles. The maximum absolute atomic E-state index is 12.0. The van der Waals surface area contributed by atoms with Crippen LogP contribution in [0.5, 0.6) is 0 Å². The summed E-state index contributed by atoms with van der Waals surface area (Å²) >= 11 is 0. The highest BCUT2D eigenvalue weighted by molar-refractivity contribution is 5.83. The first-order chi connectivity index (χ1) is 28.5. The lowest BCUT2D eigenvalue weighted by molar-refractivity contribution is -0.210. The van der Waals surface area contributed by atoms with Crippen molar-refractivity contribution in [2.45, 2.75) is 203 Å². The van der Waals surface area contributed by atoms with E-state index in [0.717, 1.165) is 89.5 Å². The Hall–Kier alpha value is -2.35. The van der Waals surface area contributed by atoms with Gasteiger partial charge in [0.2, 0.25) is 0 Å². The second-order valence-corrected chi connectivity index (χ2v) is 22.3. The number of carboxylic acid groups (broad SMARTS) is 1. The van der Waals surface area contributed by atoms with Crippen molar-refractivity contribution >= 4 is 17.9 Å². The van der Waals surface area contributed by atoms with E-state index in [9.17, 15) is 19.8 Å². The van der Waals surface area contributed by atoms with Crippen molar-refractivity contribution in [3.63, 3.8) is 0 Å². The molecule has 8 aliphatic carbocycles. The van der Waals surface area contributed by atoms with Crippen LogP contribution in [0.15, 0.2) is 23.3 Å². The van der Waals surface area contributed by atoms with Crippen LogP contribution in [0.3, 0.4) is 0 Å². The Morgan fingerprint density at radius 1 is 0.594 bits per heavy atom. The fourth-order valence-electron chi connectivity index (χ4n) is 16.1. The molecule has 1 saturated heterocycles. The molecule has 0 spiro atoms. The highest BCUT2D eigenvalue weighted by atomic mass is 16.8. The highest BCUT2D eigenvalue weighted by Crippen LogP contribution is 2.70. The first-order valence-corrected chi connectivity index (χ1v) is 23.5. The average molecular weight is 903 g/mol. The maximum Gasteiger partial charge on any atom is 0.330 e. The summed E-state index contributed by atoms with van der Waals surface area (Å²) in [4.78, 5) is 32.9. The Bertz CT molecular complexity index is 1740. The second-order valence-electron chi connectivity index (χ2n) is 22.3. The molecule has 18 atom stereocenters. The minimum atomic E-state index is -0.833. The molecule has 9 aliphatic rings. The molecule has 0 aromatic rings. The summed E-state index contributed by atoms with van der Waals surface area (Å²) < 4.78 is 23.1. The lowest BCUT2D eigenvalue weighted by atomic mass is 9.43. The van der Waals surface area contributed by atoms with Crippen LogP contribution in [-0.2, 0) is 33.3 Å². The molecule has 9 rings (SSSR count). The lowest BCUT2D eigenvalue weighted by Gasteiger charge is -2.63. The summed E-state index contributed by atoms with van der Waals surface area (Å²) in [5, 5.41) is 29.7. The fraction of sp³-hybridized carbons (Fsp3) is 0.865. The normalized spacial score (nSPS) is 47.7. The molecule has 9 fully saturated rings. The van der Waals surface area contributed by atoms with E-state index in [-0.39, 0.29) is 92.0 Å². The van der Waals surface area contributed by atoms with Crippen molar-refractivity contribution in [1.82, 2.24) is 0 Å². The molecule has 8 unspecified atom stereocenters. The van der Waals surface area contributed by atoms with Gasteiger partial charge in [-0.25, -0.2) is 9.59 Å². The highest BCUT2D eigenvalue weighted by Gasteiger charge is 2.68. The number of rotatable bonds is 2. The van der Waals surface area contributed by atoms with Gasteiger partial charge in [-0.05, 0) is 173 Å². The third-order valence-electron chi connectivity index (χ3n) is 19.1. The van der Waals surface area contributed by atoms with Gasteiger partial charge in [0.15, 0.2) is 5.79 Å². The van der Waals surface area contributed by atoms with Crippen LogP contribution in [0, 0.1) is 69.0 Å². The van der Waals surface area contributed by atoms with Crippen molar-refractivity contribution in [1.29, 1.82) is 0 Å². The molecule has 0 amide bonds. The van der Waals surface area contributed by atoms with E-state index in [2.05, 4.69) is 41.5 Å². The average Bonchev–Trinajstić information content (AvgIpc) is 3.83. The van der Waals surface area contributed by atoms with Gasteiger partial charge in [0.25, 0.3) is 5.97 Å². The number of hydrogen-bond donors (Lipinski definition) is 5. The zero-order valence-corrected chi connectivity index (χ0v) is 38.5. The summed E-state index contributed by atoms with van der Waals surface area (Å²) in [6, 6.07) is 0.416. The number of carboxylic acids is 1. The molecular formula is C52H90N2O10. The van der Waals surface area contributed by atoms with Gasteiger partial charge < -0.3 is 45.7 Å². The topological polar surface area (TPSA) is 201 Å². The van der Waals surface area contributed by atoms with E-state index < -0.39 is 24.0 Å². The summed E-state index contributed by atoms with van der Waals surface area (Å²) in [6.07, 6.45) is 17.0. The summed E-state index contributed by atoms with van der Waals surface area (Å²) in [5.41, 5.74) is 15.4. The molecule has 1 heterocycles. The predicted octanol–water partition coefficient (Wildman–Crippen LogP) is 8.59. The number of esters is 2. The first kappa shape index (κ1) is 54.3. The Labute approximate surface area is 386 Å². The molecule has 12 nitrogen and oxygen atoms in total. The van der Waals surface area contributed by atoms with Gasteiger partial charge in [0.1, 0.15) is 0 Å². The molecule has 0 radical (unpaired) electrons. The number of fused-ring (bicyclic) bond motifs is 13. The van der Waals surface area contributed by atoms with E-state index >= 15 is 0 Å². The monoisotopic (exact) mass is 903 g/mol. The van der Waals surface area contributed by atoms with Crippen LogP contribution in [0.2, 0.25) is 0 Å². The third-order valence-corrected chi connectivity index (χ3v) is 19.1. The minimum absolute atomic E-state index is 0. The van der Waals surface area contributed by atoms with Crippen LogP contribution >= 0.6 is 0 Å². The zero-order chi connectivity index (χ0) is 44.6. The number of ether oxygens (including phenoxy) is 4. The lowest BCUT2D eigenvalue weighted by Crippen LogP contribution is -2.64. The molecule has 1 aliphatic heterocycles. The molecule has 368 valence electrons. The second kappa shape index (κ2) is 19.7. The number of carbonyl (C=O) groups excluding carboxylic acids is 2. The molecular weight excluding hydrogens is 813 g/mol. The van der Waals surface area contributed by atoms with Crippen molar-refractivity contribution in [2.24, 2.45) is 80.5 Å².